The van der Waals surface area contributed by atoms with E-state index < -0.39 is 4.92 Å². The van der Waals surface area contributed by atoms with Crippen LogP contribution in [0, 0.1) is 10.1 Å². The molecule has 6 nitrogen and oxygen atoms in total. The zero-order valence-electron chi connectivity index (χ0n) is 10.7. The number of nitro groups is 1. The second-order valence-corrected chi connectivity index (χ2v) is 4.58. The number of aryl methyl sites for hydroxylation is 1. The van der Waals surface area contributed by atoms with Crippen molar-refractivity contribution >= 4 is 21.6 Å². The Balaban J connectivity index is 2.29. The summed E-state index contributed by atoms with van der Waals surface area (Å²) < 4.78 is 5.39. The zero-order valence-corrected chi connectivity index (χ0v) is 12.3. The summed E-state index contributed by atoms with van der Waals surface area (Å²) in [6.07, 6.45) is 3.92. The van der Waals surface area contributed by atoms with E-state index in [4.69, 9.17) is 4.74 Å². The van der Waals surface area contributed by atoms with E-state index in [9.17, 15) is 10.1 Å². The Bertz CT molecular complexity index is 617. The van der Waals surface area contributed by atoms with Crippen LogP contribution >= 0.6 is 15.9 Å². The second kappa shape index (κ2) is 6.42. The Morgan fingerprint density at radius 1 is 1.30 bits per heavy atom. The molecule has 0 unspecified atom stereocenters. The number of aromatic nitrogens is 2. The quantitative estimate of drug-likeness (QED) is 0.472. The van der Waals surface area contributed by atoms with Gasteiger partial charge < -0.3 is 4.74 Å². The number of alkyl halides is 1. The summed E-state index contributed by atoms with van der Waals surface area (Å²) >= 11 is 3.29. The lowest BCUT2D eigenvalue weighted by Gasteiger charge is -2.06. The van der Waals surface area contributed by atoms with Crippen LogP contribution in [0.2, 0.25) is 0 Å². The third kappa shape index (κ3) is 3.30. The number of hydrogen-bond donors (Lipinski definition) is 0. The number of halogens is 1. The summed E-state index contributed by atoms with van der Waals surface area (Å²) in [4.78, 5) is 18.6. The molecule has 0 N–H and O–H groups in total. The van der Waals surface area contributed by atoms with E-state index in [0.29, 0.717) is 5.33 Å². The van der Waals surface area contributed by atoms with Crippen LogP contribution in [0.15, 0.2) is 30.6 Å². The fourth-order valence-electron chi connectivity index (χ4n) is 1.57. The fourth-order valence-corrected chi connectivity index (χ4v) is 1.86. The summed E-state index contributed by atoms with van der Waals surface area (Å²) in [5.41, 5.74) is 1.69. The maximum Gasteiger partial charge on any atom is 0.322 e. The molecule has 0 fully saturated rings. The predicted octanol–water partition coefficient (Wildman–Crippen LogP) is 3.63. The van der Waals surface area contributed by atoms with E-state index in [0.717, 1.165) is 17.5 Å². The van der Waals surface area contributed by atoms with Gasteiger partial charge in [0.05, 0.1) is 4.92 Å². The standard InChI is InChI=1S/C13H12BrN3O3/c1-2-9-3-4-12(11(5-9)17(18)19)20-13-15-7-10(6-14)8-16-13/h3-5,7-8H,2,6H2,1H3. The van der Waals surface area contributed by atoms with Gasteiger partial charge >= 0.3 is 11.7 Å². The fraction of sp³-hybridized carbons (Fsp3) is 0.231. The molecule has 0 spiro atoms. The molecule has 0 aliphatic carbocycles. The smallest absolute Gasteiger partial charge is 0.322 e. The number of hydrogen-bond acceptors (Lipinski definition) is 5. The van der Waals surface area contributed by atoms with Crippen molar-refractivity contribution in [2.45, 2.75) is 18.7 Å². The molecule has 0 bridgehead atoms. The van der Waals surface area contributed by atoms with Gasteiger partial charge in [-0.05, 0) is 23.6 Å². The van der Waals surface area contributed by atoms with Gasteiger partial charge in [0.15, 0.2) is 0 Å². The first kappa shape index (κ1) is 14.4. The van der Waals surface area contributed by atoms with Gasteiger partial charge in [0.25, 0.3) is 0 Å². The molecule has 2 rings (SSSR count). The van der Waals surface area contributed by atoms with E-state index in [1.165, 1.54) is 6.07 Å². The van der Waals surface area contributed by atoms with E-state index in [2.05, 4.69) is 25.9 Å². The van der Waals surface area contributed by atoms with Crippen molar-refractivity contribution in [3.05, 3.63) is 51.8 Å². The Labute approximate surface area is 124 Å². The summed E-state index contributed by atoms with van der Waals surface area (Å²) in [5, 5.41) is 11.7. The SMILES string of the molecule is CCc1ccc(Oc2ncc(CBr)cn2)c([N+](=O)[O-])c1. The summed E-state index contributed by atoms with van der Waals surface area (Å²) in [7, 11) is 0. The van der Waals surface area contributed by atoms with Crippen molar-refractivity contribution in [1.82, 2.24) is 9.97 Å². The summed E-state index contributed by atoms with van der Waals surface area (Å²) in [5.74, 6) is 0.138. The topological polar surface area (TPSA) is 78.2 Å². The second-order valence-electron chi connectivity index (χ2n) is 4.02. The molecule has 104 valence electrons. The monoisotopic (exact) mass is 337 g/mol. The molecular weight excluding hydrogens is 326 g/mol. The minimum atomic E-state index is -0.471. The molecule has 1 aromatic carbocycles. The van der Waals surface area contributed by atoms with Crippen LogP contribution in [-0.2, 0) is 11.8 Å². The number of nitro benzene ring substituents is 1. The highest BCUT2D eigenvalue weighted by molar-refractivity contribution is 9.08. The maximum atomic E-state index is 11.1. The molecule has 1 heterocycles. The van der Waals surface area contributed by atoms with E-state index >= 15 is 0 Å². The molecule has 0 atom stereocenters. The summed E-state index contributed by atoms with van der Waals surface area (Å²) in [6.45, 7) is 1.93. The molecule has 0 radical (unpaired) electrons. The van der Waals surface area contributed by atoms with Crippen molar-refractivity contribution in [2.24, 2.45) is 0 Å². The van der Waals surface area contributed by atoms with Crippen LogP contribution in [-0.4, -0.2) is 14.9 Å². The van der Waals surface area contributed by atoms with E-state index in [-0.39, 0.29) is 17.4 Å². The number of rotatable bonds is 5. The molecule has 0 aliphatic heterocycles. The molecule has 0 saturated carbocycles. The van der Waals surface area contributed by atoms with E-state index in [1.807, 2.05) is 6.92 Å². The van der Waals surface area contributed by atoms with Gasteiger partial charge in [0.1, 0.15) is 0 Å². The Morgan fingerprint density at radius 3 is 2.55 bits per heavy atom. The molecule has 0 amide bonds. The van der Waals surface area contributed by atoms with Crippen molar-refractivity contribution in [3.63, 3.8) is 0 Å². The van der Waals surface area contributed by atoms with Gasteiger partial charge in [0.2, 0.25) is 5.75 Å². The van der Waals surface area contributed by atoms with Crippen molar-refractivity contribution in [3.8, 4) is 11.8 Å². The first-order valence-electron chi connectivity index (χ1n) is 5.96. The number of ether oxygens (including phenoxy) is 1. The van der Waals surface area contributed by atoms with Crippen LogP contribution in [0.4, 0.5) is 5.69 Å². The molecule has 7 heteroatoms. The Kier molecular flexibility index (Phi) is 4.62. The minimum absolute atomic E-state index is 0.0852. The average molecular weight is 338 g/mol. The van der Waals surface area contributed by atoms with Gasteiger partial charge in [-0.25, -0.2) is 9.97 Å². The molecular formula is C13H12BrN3O3. The highest BCUT2D eigenvalue weighted by Gasteiger charge is 2.17. The Hall–Kier alpha value is -2.02. The molecule has 0 aliphatic rings. The van der Waals surface area contributed by atoms with Crippen LogP contribution in [0.5, 0.6) is 11.8 Å². The van der Waals surface area contributed by atoms with Crippen LogP contribution in [0.1, 0.15) is 18.1 Å². The molecule has 1 aromatic heterocycles. The van der Waals surface area contributed by atoms with Gasteiger partial charge in [-0.15, -0.1) is 0 Å². The lowest BCUT2D eigenvalue weighted by atomic mass is 10.1. The lowest BCUT2D eigenvalue weighted by Crippen LogP contribution is -1.98. The normalized spacial score (nSPS) is 10.3. The lowest BCUT2D eigenvalue weighted by molar-refractivity contribution is -0.385. The van der Waals surface area contributed by atoms with Crippen LogP contribution in [0.3, 0.4) is 0 Å². The van der Waals surface area contributed by atoms with Crippen molar-refractivity contribution in [2.75, 3.05) is 0 Å². The largest absolute Gasteiger partial charge is 0.417 e. The van der Waals surface area contributed by atoms with E-state index in [1.54, 1.807) is 24.5 Å². The van der Waals surface area contributed by atoms with Crippen LogP contribution < -0.4 is 4.74 Å². The third-order valence-electron chi connectivity index (χ3n) is 2.67. The zero-order chi connectivity index (χ0) is 14.5. The first-order valence-corrected chi connectivity index (χ1v) is 7.08. The van der Waals surface area contributed by atoms with Gasteiger partial charge in [-0.3, -0.25) is 10.1 Å². The highest BCUT2D eigenvalue weighted by atomic mass is 79.9. The average Bonchev–Trinajstić information content (AvgIpc) is 2.48. The van der Waals surface area contributed by atoms with Crippen molar-refractivity contribution < 1.29 is 9.66 Å². The minimum Gasteiger partial charge on any atom is -0.417 e. The van der Waals surface area contributed by atoms with Gasteiger partial charge in [0, 0.05) is 23.8 Å². The van der Waals surface area contributed by atoms with Crippen molar-refractivity contribution in [1.29, 1.82) is 0 Å². The van der Waals surface area contributed by atoms with Gasteiger partial charge in [-0.2, -0.15) is 0 Å². The van der Waals surface area contributed by atoms with Gasteiger partial charge in [-0.1, -0.05) is 28.9 Å². The predicted molar refractivity (Wildman–Crippen MR) is 77.2 cm³/mol. The summed E-state index contributed by atoms with van der Waals surface area (Å²) in [6, 6.07) is 4.94. The third-order valence-corrected chi connectivity index (χ3v) is 3.31. The molecule has 0 saturated heterocycles. The number of benzene rings is 1. The Morgan fingerprint density at radius 2 is 2.00 bits per heavy atom. The highest BCUT2D eigenvalue weighted by Crippen LogP contribution is 2.30. The van der Waals surface area contributed by atoms with Crippen LogP contribution in [0.25, 0.3) is 0 Å². The maximum absolute atomic E-state index is 11.1. The first-order chi connectivity index (χ1) is 9.63. The molecule has 20 heavy (non-hydrogen) atoms. The number of nitrogens with zero attached hydrogens (tertiary/aromatic N) is 3. The molecule has 2 aromatic rings.